The predicted octanol–water partition coefficient (Wildman–Crippen LogP) is 4.45. The molecule has 1 amide bonds. The van der Waals surface area contributed by atoms with Crippen LogP contribution in [0.1, 0.15) is 34.5 Å². The summed E-state index contributed by atoms with van der Waals surface area (Å²) >= 11 is 1.69. The SMILES string of the molecule is COc1ccc(CNC(=O)[C@@H](C)N[C@H](c2ccc(C)cc2)c2cccs2)cc1. The molecule has 1 heterocycles. The second kappa shape index (κ2) is 9.53. The first-order chi connectivity index (χ1) is 13.6. The fraction of sp³-hybridized carbons (Fsp3) is 0.261. The Morgan fingerprint density at radius 2 is 1.79 bits per heavy atom. The molecule has 3 rings (SSSR count). The molecule has 3 aromatic rings. The number of methoxy groups -OCH3 is 1. The molecule has 0 spiro atoms. The lowest BCUT2D eigenvalue weighted by atomic mass is 10.0. The topological polar surface area (TPSA) is 50.4 Å². The highest BCUT2D eigenvalue weighted by atomic mass is 32.1. The molecule has 0 bridgehead atoms. The summed E-state index contributed by atoms with van der Waals surface area (Å²) in [6, 6.07) is 20.0. The molecule has 0 unspecified atom stereocenters. The molecule has 0 radical (unpaired) electrons. The summed E-state index contributed by atoms with van der Waals surface area (Å²) < 4.78 is 5.17. The van der Waals surface area contributed by atoms with E-state index in [0.29, 0.717) is 6.54 Å². The third-order valence-electron chi connectivity index (χ3n) is 4.67. The lowest BCUT2D eigenvalue weighted by Gasteiger charge is -2.23. The monoisotopic (exact) mass is 394 g/mol. The highest BCUT2D eigenvalue weighted by molar-refractivity contribution is 7.10. The van der Waals surface area contributed by atoms with Gasteiger partial charge in [-0.05, 0) is 48.6 Å². The second-order valence-corrected chi connectivity index (χ2v) is 7.79. The quantitative estimate of drug-likeness (QED) is 0.593. The number of ether oxygens (including phenoxy) is 1. The van der Waals surface area contributed by atoms with Crippen molar-refractivity contribution in [1.82, 2.24) is 10.6 Å². The van der Waals surface area contributed by atoms with Crippen molar-refractivity contribution in [3.05, 3.63) is 87.6 Å². The average Bonchev–Trinajstić information content (AvgIpc) is 3.25. The van der Waals surface area contributed by atoms with E-state index in [1.54, 1.807) is 18.4 Å². The first-order valence-electron chi connectivity index (χ1n) is 9.33. The van der Waals surface area contributed by atoms with Gasteiger partial charge in [0.1, 0.15) is 5.75 Å². The molecule has 0 aliphatic carbocycles. The Labute approximate surface area is 170 Å². The van der Waals surface area contributed by atoms with E-state index in [9.17, 15) is 4.79 Å². The van der Waals surface area contributed by atoms with Crippen molar-refractivity contribution >= 4 is 17.2 Å². The zero-order chi connectivity index (χ0) is 19.9. The highest BCUT2D eigenvalue weighted by Gasteiger charge is 2.21. The molecule has 5 heteroatoms. The zero-order valence-electron chi connectivity index (χ0n) is 16.4. The van der Waals surface area contributed by atoms with Crippen LogP contribution in [0.2, 0.25) is 0 Å². The summed E-state index contributed by atoms with van der Waals surface area (Å²) in [4.78, 5) is 13.8. The van der Waals surface area contributed by atoms with Crippen LogP contribution in [0.5, 0.6) is 5.75 Å². The minimum atomic E-state index is -0.327. The number of thiophene rings is 1. The van der Waals surface area contributed by atoms with E-state index in [4.69, 9.17) is 4.74 Å². The van der Waals surface area contributed by atoms with Crippen LogP contribution in [0.25, 0.3) is 0 Å². The van der Waals surface area contributed by atoms with Crippen molar-refractivity contribution in [2.75, 3.05) is 7.11 Å². The second-order valence-electron chi connectivity index (χ2n) is 6.81. The fourth-order valence-electron chi connectivity index (χ4n) is 2.97. The smallest absolute Gasteiger partial charge is 0.237 e. The van der Waals surface area contributed by atoms with E-state index in [-0.39, 0.29) is 18.0 Å². The summed E-state index contributed by atoms with van der Waals surface area (Å²) in [6.07, 6.45) is 0. The number of rotatable bonds is 8. The highest BCUT2D eigenvalue weighted by Crippen LogP contribution is 2.26. The van der Waals surface area contributed by atoms with Crippen molar-refractivity contribution in [1.29, 1.82) is 0 Å². The fourth-order valence-corrected chi connectivity index (χ4v) is 3.78. The molecule has 0 aliphatic rings. The number of amides is 1. The van der Waals surface area contributed by atoms with Gasteiger partial charge in [-0.15, -0.1) is 11.3 Å². The molecule has 1 aromatic heterocycles. The van der Waals surface area contributed by atoms with Crippen molar-refractivity contribution in [3.63, 3.8) is 0 Å². The van der Waals surface area contributed by atoms with Gasteiger partial charge in [0.15, 0.2) is 0 Å². The maximum absolute atomic E-state index is 12.6. The lowest BCUT2D eigenvalue weighted by Crippen LogP contribution is -2.43. The van der Waals surface area contributed by atoms with E-state index in [1.165, 1.54) is 10.4 Å². The van der Waals surface area contributed by atoms with Crippen LogP contribution >= 0.6 is 11.3 Å². The van der Waals surface area contributed by atoms with Gasteiger partial charge in [0.25, 0.3) is 0 Å². The van der Waals surface area contributed by atoms with Crippen LogP contribution in [-0.4, -0.2) is 19.1 Å². The van der Waals surface area contributed by atoms with E-state index in [1.807, 2.05) is 37.3 Å². The van der Waals surface area contributed by atoms with Crippen LogP contribution in [0.15, 0.2) is 66.0 Å². The van der Waals surface area contributed by atoms with Crippen LogP contribution in [0.3, 0.4) is 0 Å². The standard InChI is InChI=1S/C23H26N2O2S/c1-16-6-10-19(11-7-16)22(21-5-4-14-28-21)25-17(2)23(26)24-15-18-8-12-20(27-3)13-9-18/h4-14,17,22,25H,15H2,1-3H3,(H,24,26)/t17-,22-/m1/s1. The van der Waals surface area contributed by atoms with Crippen molar-refractivity contribution in [3.8, 4) is 5.75 Å². The summed E-state index contributed by atoms with van der Waals surface area (Å²) in [6.45, 7) is 4.47. The zero-order valence-corrected chi connectivity index (χ0v) is 17.3. The Kier molecular flexibility index (Phi) is 6.85. The molecule has 4 nitrogen and oxygen atoms in total. The van der Waals surface area contributed by atoms with E-state index in [2.05, 4.69) is 53.3 Å². The summed E-state index contributed by atoms with van der Waals surface area (Å²) in [7, 11) is 1.64. The number of benzene rings is 2. The number of hydrogen-bond donors (Lipinski definition) is 2. The number of nitrogens with one attached hydrogen (secondary N) is 2. The first kappa shape index (κ1) is 20.1. The molecule has 0 saturated heterocycles. The van der Waals surface area contributed by atoms with Gasteiger partial charge < -0.3 is 10.1 Å². The van der Waals surface area contributed by atoms with E-state index < -0.39 is 0 Å². The van der Waals surface area contributed by atoms with Crippen molar-refractivity contribution in [2.24, 2.45) is 0 Å². The Morgan fingerprint density at radius 1 is 1.07 bits per heavy atom. The number of hydrogen-bond acceptors (Lipinski definition) is 4. The van der Waals surface area contributed by atoms with Gasteiger partial charge in [-0.3, -0.25) is 10.1 Å². The Hall–Kier alpha value is -2.63. The van der Waals surface area contributed by atoms with Crippen LogP contribution in [0.4, 0.5) is 0 Å². The molecule has 2 N–H and O–H groups in total. The van der Waals surface area contributed by atoms with Crippen LogP contribution in [-0.2, 0) is 11.3 Å². The largest absolute Gasteiger partial charge is 0.497 e. The molecule has 146 valence electrons. The Balaban J connectivity index is 1.64. The van der Waals surface area contributed by atoms with Crippen LogP contribution in [0, 0.1) is 6.92 Å². The first-order valence-corrected chi connectivity index (χ1v) is 10.2. The minimum absolute atomic E-state index is 0.0117. The van der Waals surface area contributed by atoms with Gasteiger partial charge in [-0.2, -0.15) is 0 Å². The van der Waals surface area contributed by atoms with Crippen molar-refractivity contribution in [2.45, 2.75) is 32.5 Å². The van der Waals surface area contributed by atoms with E-state index in [0.717, 1.165) is 16.9 Å². The normalized spacial score (nSPS) is 13.0. The molecule has 0 aliphatic heterocycles. The number of carbonyl (C=O) groups is 1. The molecule has 28 heavy (non-hydrogen) atoms. The van der Waals surface area contributed by atoms with Gasteiger partial charge in [0, 0.05) is 11.4 Å². The molecule has 0 fully saturated rings. The summed E-state index contributed by atoms with van der Waals surface area (Å²) in [5, 5.41) is 8.56. The molecular formula is C23H26N2O2S. The molecule has 2 atom stereocenters. The number of carbonyl (C=O) groups excluding carboxylic acids is 1. The lowest BCUT2D eigenvalue weighted by molar-refractivity contribution is -0.123. The maximum Gasteiger partial charge on any atom is 0.237 e. The third kappa shape index (κ3) is 5.21. The Bertz CT molecular complexity index is 874. The van der Waals surface area contributed by atoms with Gasteiger partial charge in [0.2, 0.25) is 5.91 Å². The van der Waals surface area contributed by atoms with Crippen LogP contribution < -0.4 is 15.4 Å². The summed E-state index contributed by atoms with van der Waals surface area (Å²) in [5.41, 5.74) is 3.41. The predicted molar refractivity (Wildman–Crippen MR) is 115 cm³/mol. The molecule has 2 aromatic carbocycles. The van der Waals surface area contributed by atoms with Gasteiger partial charge >= 0.3 is 0 Å². The van der Waals surface area contributed by atoms with Gasteiger partial charge in [-0.1, -0.05) is 48.0 Å². The Morgan fingerprint density at radius 3 is 2.39 bits per heavy atom. The van der Waals surface area contributed by atoms with Gasteiger partial charge in [-0.25, -0.2) is 0 Å². The van der Waals surface area contributed by atoms with E-state index >= 15 is 0 Å². The summed E-state index contributed by atoms with van der Waals surface area (Å²) in [5.74, 6) is 0.784. The van der Waals surface area contributed by atoms with Crippen molar-refractivity contribution < 1.29 is 9.53 Å². The average molecular weight is 395 g/mol. The van der Waals surface area contributed by atoms with Gasteiger partial charge in [0.05, 0.1) is 19.2 Å². The minimum Gasteiger partial charge on any atom is -0.497 e. The molecular weight excluding hydrogens is 368 g/mol. The third-order valence-corrected chi connectivity index (χ3v) is 5.61. The maximum atomic E-state index is 12.6. The molecule has 0 saturated carbocycles. The number of aryl methyl sites for hydroxylation is 1.